The lowest BCUT2D eigenvalue weighted by atomic mass is 10.0. The molecule has 2 aliphatic rings. The third-order valence-electron chi connectivity index (χ3n) is 4.76. The molecule has 0 aliphatic carbocycles. The van der Waals surface area contributed by atoms with Crippen LogP contribution < -0.4 is 5.32 Å². The number of carbonyl (C=O) groups excluding carboxylic acids is 1. The SMILES string of the molecule is O=C(NC1CCN([C@H]2CCS(=O)(=O)C2)CC1)c1cc(Cl)ccc1F. The summed E-state index contributed by atoms with van der Waals surface area (Å²) in [5.41, 5.74) is -0.0492. The van der Waals surface area contributed by atoms with Crippen molar-refractivity contribution in [2.45, 2.75) is 31.3 Å². The molecule has 1 atom stereocenters. The van der Waals surface area contributed by atoms with Gasteiger partial charge in [0.25, 0.3) is 5.91 Å². The van der Waals surface area contributed by atoms with Gasteiger partial charge in [-0.3, -0.25) is 9.69 Å². The van der Waals surface area contributed by atoms with Crippen molar-refractivity contribution < 1.29 is 17.6 Å². The number of benzene rings is 1. The van der Waals surface area contributed by atoms with Crippen molar-refractivity contribution in [3.05, 3.63) is 34.6 Å². The molecule has 0 unspecified atom stereocenters. The first-order chi connectivity index (χ1) is 11.3. The van der Waals surface area contributed by atoms with E-state index in [1.165, 1.54) is 18.2 Å². The fraction of sp³-hybridized carbons (Fsp3) is 0.562. The molecule has 2 aliphatic heterocycles. The van der Waals surface area contributed by atoms with Crippen LogP contribution >= 0.6 is 11.6 Å². The van der Waals surface area contributed by atoms with Crippen LogP contribution in [0.2, 0.25) is 5.02 Å². The number of hydrogen-bond acceptors (Lipinski definition) is 4. The summed E-state index contributed by atoms with van der Waals surface area (Å²) < 4.78 is 36.9. The van der Waals surface area contributed by atoms with Gasteiger partial charge in [-0.2, -0.15) is 0 Å². The molecular weight excluding hydrogens is 355 g/mol. The van der Waals surface area contributed by atoms with E-state index in [1.807, 2.05) is 0 Å². The zero-order valence-corrected chi connectivity index (χ0v) is 14.7. The number of nitrogens with zero attached hydrogens (tertiary/aromatic N) is 1. The van der Waals surface area contributed by atoms with E-state index in [1.54, 1.807) is 0 Å². The van der Waals surface area contributed by atoms with E-state index in [0.29, 0.717) is 11.4 Å². The van der Waals surface area contributed by atoms with Gasteiger partial charge in [-0.25, -0.2) is 12.8 Å². The molecule has 24 heavy (non-hydrogen) atoms. The lowest BCUT2D eigenvalue weighted by Crippen LogP contribution is -2.48. The Morgan fingerprint density at radius 2 is 1.96 bits per heavy atom. The van der Waals surface area contributed by atoms with Crippen molar-refractivity contribution in [3.63, 3.8) is 0 Å². The quantitative estimate of drug-likeness (QED) is 0.877. The number of sulfone groups is 1. The van der Waals surface area contributed by atoms with Crippen molar-refractivity contribution in [2.24, 2.45) is 0 Å². The van der Waals surface area contributed by atoms with Gasteiger partial charge in [-0.05, 0) is 37.5 Å². The Kier molecular flexibility index (Phi) is 5.13. The highest BCUT2D eigenvalue weighted by molar-refractivity contribution is 7.91. The van der Waals surface area contributed by atoms with Crippen molar-refractivity contribution >= 4 is 27.3 Å². The predicted octanol–water partition coefficient (Wildman–Crippen LogP) is 1.86. The van der Waals surface area contributed by atoms with Gasteiger partial charge in [0.2, 0.25) is 0 Å². The molecule has 1 amide bonds. The Hall–Kier alpha value is -1.18. The molecule has 8 heteroatoms. The number of carbonyl (C=O) groups is 1. The molecule has 3 rings (SSSR count). The number of amides is 1. The van der Waals surface area contributed by atoms with Gasteiger partial charge >= 0.3 is 0 Å². The summed E-state index contributed by atoms with van der Waals surface area (Å²) in [4.78, 5) is 14.4. The zero-order chi connectivity index (χ0) is 17.3. The van der Waals surface area contributed by atoms with Crippen LogP contribution in [0.25, 0.3) is 0 Å². The third kappa shape index (κ3) is 4.07. The predicted molar refractivity (Wildman–Crippen MR) is 90.5 cm³/mol. The first-order valence-electron chi connectivity index (χ1n) is 8.04. The maximum Gasteiger partial charge on any atom is 0.254 e. The van der Waals surface area contributed by atoms with Gasteiger partial charge in [0.05, 0.1) is 17.1 Å². The van der Waals surface area contributed by atoms with Crippen LogP contribution in [0.3, 0.4) is 0 Å². The second-order valence-corrected chi connectivity index (χ2v) is 9.13. The summed E-state index contributed by atoms with van der Waals surface area (Å²) in [6.07, 6.45) is 2.14. The molecule has 0 saturated carbocycles. The summed E-state index contributed by atoms with van der Waals surface area (Å²) in [6, 6.07) is 3.97. The Balaban J connectivity index is 1.54. The molecular formula is C16H20ClFN2O3S. The van der Waals surface area contributed by atoms with Gasteiger partial charge in [0.1, 0.15) is 5.82 Å². The first-order valence-corrected chi connectivity index (χ1v) is 10.2. The van der Waals surface area contributed by atoms with Crippen molar-refractivity contribution in [1.82, 2.24) is 10.2 Å². The minimum Gasteiger partial charge on any atom is -0.349 e. The molecule has 5 nitrogen and oxygen atoms in total. The highest BCUT2D eigenvalue weighted by atomic mass is 35.5. The fourth-order valence-corrected chi connectivity index (χ4v) is 5.34. The van der Waals surface area contributed by atoms with E-state index in [0.717, 1.165) is 25.9 Å². The lowest BCUT2D eigenvalue weighted by molar-refractivity contribution is 0.0894. The number of hydrogen-bond donors (Lipinski definition) is 1. The fourth-order valence-electron chi connectivity index (χ4n) is 3.41. The van der Waals surface area contributed by atoms with Crippen molar-refractivity contribution in [3.8, 4) is 0 Å². The lowest BCUT2D eigenvalue weighted by Gasteiger charge is -2.35. The van der Waals surface area contributed by atoms with Gasteiger partial charge < -0.3 is 5.32 Å². The molecule has 2 heterocycles. The van der Waals surface area contributed by atoms with Crippen LogP contribution in [0, 0.1) is 5.82 Å². The second-order valence-electron chi connectivity index (χ2n) is 6.46. The molecule has 0 radical (unpaired) electrons. The van der Waals surface area contributed by atoms with Crippen LogP contribution in [0.15, 0.2) is 18.2 Å². The maximum absolute atomic E-state index is 13.7. The summed E-state index contributed by atoms with van der Waals surface area (Å²) in [5, 5.41) is 3.17. The van der Waals surface area contributed by atoms with E-state index >= 15 is 0 Å². The molecule has 1 N–H and O–H groups in total. The highest BCUT2D eigenvalue weighted by Gasteiger charge is 2.34. The van der Waals surface area contributed by atoms with Crippen LogP contribution in [-0.2, 0) is 9.84 Å². The van der Waals surface area contributed by atoms with Crippen molar-refractivity contribution in [2.75, 3.05) is 24.6 Å². The van der Waals surface area contributed by atoms with Gasteiger partial charge in [-0.1, -0.05) is 11.6 Å². The van der Waals surface area contributed by atoms with Gasteiger partial charge in [0.15, 0.2) is 9.84 Å². The zero-order valence-electron chi connectivity index (χ0n) is 13.2. The van der Waals surface area contributed by atoms with Crippen LogP contribution in [0.1, 0.15) is 29.6 Å². The molecule has 2 fully saturated rings. The van der Waals surface area contributed by atoms with Crippen molar-refractivity contribution in [1.29, 1.82) is 0 Å². The number of likely N-dealkylation sites (tertiary alicyclic amines) is 1. The smallest absolute Gasteiger partial charge is 0.254 e. The van der Waals surface area contributed by atoms with E-state index in [-0.39, 0.29) is 29.2 Å². The Bertz CT molecular complexity index is 733. The molecule has 132 valence electrons. The Morgan fingerprint density at radius 3 is 2.58 bits per heavy atom. The standard InChI is InChI=1S/C16H20ClFN2O3S/c17-11-1-2-15(18)14(9-11)16(21)19-12-3-6-20(7-4-12)13-5-8-24(22,23)10-13/h1-2,9,12-13H,3-8,10H2,(H,19,21)/t13-/m0/s1. The average Bonchev–Trinajstić information content (AvgIpc) is 2.90. The molecule has 0 bridgehead atoms. The topological polar surface area (TPSA) is 66.5 Å². The number of rotatable bonds is 3. The van der Waals surface area contributed by atoms with Gasteiger partial charge in [-0.15, -0.1) is 0 Å². The maximum atomic E-state index is 13.7. The third-order valence-corrected chi connectivity index (χ3v) is 6.75. The molecule has 1 aromatic rings. The molecule has 2 saturated heterocycles. The molecule has 1 aromatic carbocycles. The minimum absolute atomic E-state index is 0.0369. The normalized spacial score (nSPS) is 24.8. The summed E-state index contributed by atoms with van der Waals surface area (Å²) in [6.45, 7) is 1.48. The summed E-state index contributed by atoms with van der Waals surface area (Å²) in [7, 11) is -2.89. The minimum atomic E-state index is -2.89. The molecule has 0 aromatic heterocycles. The second kappa shape index (κ2) is 6.98. The first kappa shape index (κ1) is 17.6. The largest absolute Gasteiger partial charge is 0.349 e. The highest BCUT2D eigenvalue weighted by Crippen LogP contribution is 2.22. The number of halogens is 2. The number of nitrogens with one attached hydrogen (secondary N) is 1. The average molecular weight is 375 g/mol. The molecule has 0 spiro atoms. The van der Waals surface area contributed by atoms with E-state index < -0.39 is 21.6 Å². The van der Waals surface area contributed by atoms with Crippen LogP contribution in [-0.4, -0.2) is 55.9 Å². The Morgan fingerprint density at radius 1 is 1.25 bits per heavy atom. The van der Waals surface area contributed by atoms with E-state index in [9.17, 15) is 17.6 Å². The number of piperidine rings is 1. The van der Waals surface area contributed by atoms with E-state index in [2.05, 4.69) is 10.2 Å². The summed E-state index contributed by atoms with van der Waals surface area (Å²) >= 11 is 5.82. The van der Waals surface area contributed by atoms with Crippen LogP contribution in [0.4, 0.5) is 4.39 Å². The van der Waals surface area contributed by atoms with Crippen LogP contribution in [0.5, 0.6) is 0 Å². The summed E-state index contributed by atoms with van der Waals surface area (Å²) in [5.74, 6) is -0.553. The van der Waals surface area contributed by atoms with E-state index in [4.69, 9.17) is 11.6 Å². The van der Waals surface area contributed by atoms with Gasteiger partial charge in [0, 0.05) is 30.2 Å². The Labute approximate surface area is 146 Å². The monoisotopic (exact) mass is 374 g/mol.